The van der Waals surface area contributed by atoms with Gasteiger partial charge in [-0.3, -0.25) is 4.79 Å². The van der Waals surface area contributed by atoms with Crippen LogP contribution in [-0.4, -0.2) is 54.5 Å². The van der Waals surface area contributed by atoms with Gasteiger partial charge in [-0.2, -0.15) is 0 Å². The number of amides is 3. The summed E-state index contributed by atoms with van der Waals surface area (Å²) in [4.78, 5) is 30.1. The molecule has 3 amide bonds. The molecule has 0 bridgehead atoms. The van der Waals surface area contributed by atoms with Gasteiger partial charge in [0.05, 0.1) is 6.04 Å². The monoisotopic (exact) mass is 495 g/mol. The van der Waals surface area contributed by atoms with Crippen molar-refractivity contribution in [2.24, 2.45) is 5.41 Å². The van der Waals surface area contributed by atoms with E-state index in [-0.39, 0.29) is 30.0 Å². The van der Waals surface area contributed by atoms with Crippen molar-refractivity contribution in [3.63, 3.8) is 0 Å². The average Bonchev–Trinajstić information content (AvgIpc) is 3.48. The van der Waals surface area contributed by atoms with Crippen LogP contribution >= 0.6 is 0 Å². The van der Waals surface area contributed by atoms with Crippen molar-refractivity contribution in [1.82, 2.24) is 15.1 Å². The Balaban J connectivity index is 1.05. The quantitative estimate of drug-likeness (QED) is 0.543. The lowest BCUT2D eigenvalue weighted by Crippen LogP contribution is -2.47. The standard InChI is InChI=1S/C31H33N3O3/c1-22-8-2-7-13-27(22)37-20-28(35)33-17-14-31(15-18-33)16-19-34(21-31)30(36)32-29-25-11-5-3-9-23(25)24-10-4-6-12-26(24)29/h2-13,29H,14-21H2,1H3,(H,32,36). The second-order valence-electron chi connectivity index (χ2n) is 10.7. The number of fused-ring (bicyclic) bond motifs is 3. The van der Waals surface area contributed by atoms with Crippen LogP contribution in [0.5, 0.6) is 5.75 Å². The van der Waals surface area contributed by atoms with Crippen molar-refractivity contribution in [2.45, 2.75) is 32.2 Å². The van der Waals surface area contributed by atoms with Crippen molar-refractivity contribution >= 4 is 11.9 Å². The lowest BCUT2D eigenvalue weighted by atomic mass is 9.78. The van der Waals surface area contributed by atoms with Crippen LogP contribution in [0.2, 0.25) is 0 Å². The highest BCUT2D eigenvalue weighted by molar-refractivity contribution is 5.83. The molecule has 6 nitrogen and oxygen atoms in total. The second kappa shape index (κ2) is 9.58. The Kier molecular flexibility index (Phi) is 6.11. The van der Waals surface area contributed by atoms with E-state index < -0.39 is 0 Å². The highest BCUT2D eigenvalue weighted by Gasteiger charge is 2.43. The minimum absolute atomic E-state index is 0.00137. The average molecular weight is 496 g/mol. The molecule has 6 rings (SSSR count). The van der Waals surface area contributed by atoms with Crippen molar-refractivity contribution in [3.8, 4) is 16.9 Å². The number of carbonyl (C=O) groups is 2. The van der Waals surface area contributed by atoms with Crippen molar-refractivity contribution in [1.29, 1.82) is 0 Å². The number of nitrogens with one attached hydrogen (secondary N) is 1. The highest BCUT2D eigenvalue weighted by Crippen LogP contribution is 2.44. The van der Waals surface area contributed by atoms with E-state index in [0.717, 1.165) is 67.9 Å². The minimum atomic E-state index is -0.121. The molecular formula is C31H33N3O3. The molecular weight excluding hydrogens is 462 g/mol. The van der Waals surface area contributed by atoms with Gasteiger partial charge in [0.25, 0.3) is 5.91 Å². The van der Waals surface area contributed by atoms with Gasteiger partial charge in [-0.15, -0.1) is 0 Å². The number of hydrogen-bond donors (Lipinski definition) is 1. The third kappa shape index (κ3) is 4.45. The topological polar surface area (TPSA) is 61.9 Å². The van der Waals surface area contributed by atoms with Crippen molar-refractivity contribution in [2.75, 3.05) is 32.8 Å². The first-order valence-corrected chi connectivity index (χ1v) is 13.2. The molecule has 0 aromatic heterocycles. The molecule has 1 spiro atoms. The zero-order valence-electron chi connectivity index (χ0n) is 21.3. The van der Waals surface area contributed by atoms with E-state index >= 15 is 0 Å². The molecule has 0 radical (unpaired) electrons. The molecule has 0 atom stereocenters. The van der Waals surface area contributed by atoms with Crippen LogP contribution in [0.4, 0.5) is 4.79 Å². The molecule has 3 aromatic rings. The normalized spacial score (nSPS) is 18.0. The zero-order valence-corrected chi connectivity index (χ0v) is 21.3. The Morgan fingerprint density at radius 3 is 2.05 bits per heavy atom. The van der Waals surface area contributed by atoms with Gasteiger partial charge in [-0.05, 0) is 65.5 Å². The van der Waals surface area contributed by atoms with E-state index in [4.69, 9.17) is 4.74 Å². The summed E-state index contributed by atoms with van der Waals surface area (Å²) in [6.45, 7) is 4.99. The Labute approximate surface area is 218 Å². The third-order valence-corrected chi connectivity index (χ3v) is 8.45. The lowest BCUT2D eigenvalue weighted by Gasteiger charge is -2.39. The number of hydrogen-bond acceptors (Lipinski definition) is 3. The molecule has 2 heterocycles. The second-order valence-corrected chi connectivity index (χ2v) is 10.7. The Hall–Kier alpha value is -3.80. The van der Waals surface area contributed by atoms with Gasteiger partial charge >= 0.3 is 6.03 Å². The maximum atomic E-state index is 13.4. The summed E-state index contributed by atoms with van der Waals surface area (Å²) < 4.78 is 5.78. The number of piperidine rings is 1. The van der Waals surface area contributed by atoms with E-state index in [1.807, 2.05) is 53.1 Å². The van der Waals surface area contributed by atoms with E-state index in [1.54, 1.807) is 0 Å². The van der Waals surface area contributed by atoms with Crippen molar-refractivity contribution in [3.05, 3.63) is 89.5 Å². The summed E-state index contributed by atoms with van der Waals surface area (Å²) in [5.41, 5.74) is 5.84. The van der Waals surface area contributed by atoms with E-state index in [0.29, 0.717) is 0 Å². The number of likely N-dealkylation sites (tertiary alicyclic amines) is 2. The maximum absolute atomic E-state index is 13.4. The van der Waals surface area contributed by atoms with Crippen LogP contribution in [0.1, 0.15) is 42.0 Å². The summed E-state index contributed by atoms with van der Waals surface area (Å²) in [6.07, 6.45) is 2.82. The Morgan fingerprint density at radius 2 is 1.41 bits per heavy atom. The van der Waals surface area contributed by atoms with Gasteiger partial charge in [0.2, 0.25) is 0 Å². The molecule has 0 unspecified atom stereocenters. The van der Waals surface area contributed by atoms with Gasteiger partial charge in [0.1, 0.15) is 5.75 Å². The fourth-order valence-electron chi connectivity index (χ4n) is 6.22. The third-order valence-electron chi connectivity index (χ3n) is 8.45. The first-order valence-electron chi connectivity index (χ1n) is 13.2. The molecule has 2 aliphatic heterocycles. The van der Waals surface area contributed by atoms with Crippen LogP contribution in [0.15, 0.2) is 72.8 Å². The number of ether oxygens (including phenoxy) is 1. The molecule has 2 fully saturated rings. The van der Waals surface area contributed by atoms with E-state index in [1.165, 1.54) is 11.1 Å². The first-order chi connectivity index (χ1) is 18.0. The maximum Gasteiger partial charge on any atom is 0.318 e. The van der Waals surface area contributed by atoms with Crippen LogP contribution in [0, 0.1) is 12.3 Å². The van der Waals surface area contributed by atoms with Gasteiger partial charge in [-0.25, -0.2) is 4.79 Å². The summed E-state index contributed by atoms with van der Waals surface area (Å²) in [5.74, 6) is 0.790. The van der Waals surface area contributed by atoms with Crippen LogP contribution in [0.25, 0.3) is 11.1 Å². The molecule has 2 saturated heterocycles. The Bertz CT molecular complexity index is 1280. The number of carbonyl (C=O) groups excluding carboxylic acids is 2. The van der Waals surface area contributed by atoms with Crippen LogP contribution in [-0.2, 0) is 4.79 Å². The number of urea groups is 1. The smallest absolute Gasteiger partial charge is 0.318 e. The zero-order chi connectivity index (χ0) is 25.4. The molecule has 6 heteroatoms. The van der Waals surface area contributed by atoms with Gasteiger partial charge < -0.3 is 19.9 Å². The SMILES string of the molecule is Cc1ccccc1OCC(=O)N1CCC2(CC1)CCN(C(=O)NC1c3ccccc3-c3ccccc31)C2. The molecule has 1 N–H and O–H groups in total. The number of nitrogens with zero attached hydrogens (tertiary/aromatic N) is 2. The first kappa shape index (κ1) is 23.6. The highest BCUT2D eigenvalue weighted by atomic mass is 16.5. The largest absolute Gasteiger partial charge is 0.484 e. The number of aryl methyl sites for hydroxylation is 1. The Morgan fingerprint density at radius 1 is 0.838 bits per heavy atom. The lowest BCUT2D eigenvalue weighted by molar-refractivity contribution is -0.135. The predicted octanol–water partition coefficient (Wildman–Crippen LogP) is 5.17. The van der Waals surface area contributed by atoms with E-state index in [2.05, 4.69) is 41.7 Å². The van der Waals surface area contributed by atoms with E-state index in [9.17, 15) is 9.59 Å². The number of benzene rings is 3. The fourth-order valence-corrected chi connectivity index (χ4v) is 6.22. The van der Waals surface area contributed by atoms with Gasteiger partial charge in [0.15, 0.2) is 6.61 Å². The molecule has 0 saturated carbocycles. The molecule has 3 aromatic carbocycles. The van der Waals surface area contributed by atoms with Gasteiger partial charge in [0, 0.05) is 26.2 Å². The van der Waals surface area contributed by atoms with Gasteiger partial charge in [-0.1, -0.05) is 66.7 Å². The number of rotatable bonds is 4. The predicted molar refractivity (Wildman–Crippen MR) is 143 cm³/mol. The molecule has 3 aliphatic rings. The van der Waals surface area contributed by atoms with Crippen LogP contribution in [0.3, 0.4) is 0 Å². The number of para-hydroxylation sites is 1. The summed E-state index contributed by atoms with van der Waals surface area (Å²) in [5, 5.41) is 3.32. The molecule has 1 aliphatic carbocycles. The fraction of sp³-hybridized carbons (Fsp3) is 0.355. The minimum Gasteiger partial charge on any atom is -0.484 e. The molecule has 190 valence electrons. The summed E-state index contributed by atoms with van der Waals surface area (Å²) in [7, 11) is 0. The summed E-state index contributed by atoms with van der Waals surface area (Å²) in [6, 6.07) is 24.3. The molecule has 37 heavy (non-hydrogen) atoms. The summed E-state index contributed by atoms with van der Waals surface area (Å²) >= 11 is 0. The van der Waals surface area contributed by atoms with Crippen LogP contribution < -0.4 is 10.1 Å². The van der Waals surface area contributed by atoms with Crippen molar-refractivity contribution < 1.29 is 14.3 Å².